The van der Waals surface area contributed by atoms with Crippen molar-refractivity contribution in [2.45, 2.75) is 38.1 Å². The van der Waals surface area contributed by atoms with E-state index >= 15 is 0 Å². The molecule has 1 aliphatic rings. The average molecular weight is 146 g/mol. The molecule has 0 aliphatic heterocycles. The van der Waals surface area contributed by atoms with Crippen molar-refractivity contribution in [2.24, 2.45) is 5.34 Å². The van der Waals surface area contributed by atoms with Crippen molar-refractivity contribution >= 4 is 0 Å². The Morgan fingerprint density at radius 3 is 2.40 bits per heavy atom. The molecule has 0 unspecified atom stereocenters. The van der Waals surface area contributed by atoms with Crippen LogP contribution < -0.4 is 0 Å². The first-order valence-corrected chi connectivity index (χ1v) is 3.63. The van der Waals surface area contributed by atoms with Crippen LogP contribution in [0, 0.1) is 5.21 Å². The highest BCUT2D eigenvalue weighted by Gasteiger charge is 2.21. The van der Waals surface area contributed by atoms with Crippen molar-refractivity contribution in [2.75, 3.05) is 0 Å². The van der Waals surface area contributed by atoms with E-state index in [4.69, 9.17) is 0 Å². The van der Waals surface area contributed by atoms with E-state index in [0.29, 0.717) is 0 Å². The Labute approximate surface area is 59.1 Å². The van der Waals surface area contributed by atoms with E-state index in [2.05, 4.69) is 5.34 Å². The van der Waals surface area contributed by atoms with E-state index in [1.54, 1.807) is 0 Å². The molecule has 0 bridgehead atoms. The lowest BCUT2D eigenvalue weighted by atomic mass is 9.96. The summed E-state index contributed by atoms with van der Waals surface area (Å²) in [5.41, 5.74) is 0. The van der Waals surface area contributed by atoms with E-state index < -0.39 is 0 Å². The second kappa shape index (κ2) is 3.49. The van der Waals surface area contributed by atoms with Gasteiger partial charge in [0.15, 0.2) is 11.4 Å². The standard InChI is InChI=1S/C6H11FN2O/c7-8-9(10)6-4-2-1-3-5-6/h6H,1-5H2. The van der Waals surface area contributed by atoms with Gasteiger partial charge in [-0.2, -0.15) is 0 Å². The summed E-state index contributed by atoms with van der Waals surface area (Å²) in [5, 5.41) is 12.6. The fraction of sp³-hybridized carbons (Fsp3) is 1.00. The second-order valence-corrected chi connectivity index (χ2v) is 2.67. The molecule has 3 nitrogen and oxygen atoms in total. The third-order valence-corrected chi connectivity index (χ3v) is 1.96. The molecule has 1 saturated carbocycles. The van der Waals surface area contributed by atoms with Gasteiger partial charge in [-0.15, -0.1) is 0 Å². The molecular formula is C6H11FN2O. The zero-order valence-corrected chi connectivity index (χ0v) is 5.79. The number of hydrogen-bond acceptors (Lipinski definition) is 2. The maximum absolute atomic E-state index is 11.4. The highest BCUT2D eigenvalue weighted by molar-refractivity contribution is 4.62. The molecule has 0 aromatic rings. The molecule has 1 fully saturated rings. The van der Waals surface area contributed by atoms with Gasteiger partial charge in [-0.05, 0) is 17.3 Å². The molecule has 4 heteroatoms. The predicted octanol–water partition coefficient (Wildman–Crippen LogP) is 2.17. The maximum atomic E-state index is 11.4. The minimum atomic E-state index is -0.196. The molecule has 0 aromatic carbocycles. The van der Waals surface area contributed by atoms with Crippen LogP contribution in [0.5, 0.6) is 0 Å². The molecule has 0 heterocycles. The molecule has 0 N–H and O–H groups in total. The van der Waals surface area contributed by atoms with Crippen LogP contribution in [0.15, 0.2) is 5.34 Å². The highest BCUT2D eigenvalue weighted by atomic mass is 19.2. The van der Waals surface area contributed by atoms with Crippen molar-refractivity contribution < 1.29 is 9.34 Å². The minimum absolute atomic E-state index is 0.194. The van der Waals surface area contributed by atoms with Crippen molar-refractivity contribution in [3.63, 3.8) is 0 Å². The third-order valence-electron chi connectivity index (χ3n) is 1.96. The van der Waals surface area contributed by atoms with Gasteiger partial charge in [0, 0.05) is 12.8 Å². The summed E-state index contributed by atoms with van der Waals surface area (Å²) < 4.78 is 11.4. The Bertz CT molecular complexity index is 132. The van der Waals surface area contributed by atoms with Gasteiger partial charge in [-0.1, -0.05) is 11.3 Å². The van der Waals surface area contributed by atoms with Crippen LogP contribution in [0.25, 0.3) is 0 Å². The molecule has 0 radical (unpaired) electrons. The van der Waals surface area contributed by atoms with Crippen LogP contribution in [0.1, 0.15) is 32.1 Å². The SMILES string of the molecule is [O-][N+](=NF)C1CCCCC1. The highest BCUT2D eigenvalue weighted by Crippen LogP contribution is 2.19. The van der Waals surface area contributed by atoms with Gasteiger partial charge in [-0.3, -0.25) is 0 Å². The number of rotatable bonds is 1. The molecule has 0 amide bonds. The van der Waals surface area contributed by atoms with Crippen LogP contribution >= 0.6 is 0 Å². The average Bonchev–Trinajstić information content (AvgIpc) is 2.05. The Morgan fingerprint density at radius 2 is 1.90 bits per heavy atom. The van der Waals surface area contributed by atoms with E-state index in [-0.39, 0.29) is 10.9 Å². The summed E-state index contributed by atoms with van der Waals surface area (Å²) in [6.45, 7) is 0. The van der Waals surface area contributed by atoms with Crippen molar-refractivity contribution in [3.05, 3.63) is 5.21 Å². The molecule has 58 valence electrons. The number of halogens is 1. The molecule has 1 aliphatic carbocycles. The first-order chi connectivity index (χ1) is 4.84. The Morgan fingerprint density at radius 1 is 1.30 bits per heavy atom. The molecule has 0 saturated heterocycles. The topological polar surface area (TPSA) is 38.4 Å². The molecule has 0 spiro atoms. The lowest BCUT2D eigenvalue weighted by Crippen LogP contribution is -2.22. The normalized spacial score (nSPS) is 23.1. The summed E-state index contributed by atoms with van der Waals surface area (Å²) in [6, 6.07) is -0.196. The Balaban J connectivity index is 2.39. The number of nitrogens with zero attached hydrogens (tertiary/aromatic N) is 2. The van der Waals surface area contributed by atoms with Gasteiger partial charge in [0.2, 0.25) is 0 Å². The van der Waals surface area contributed by atoms with Crippen LogP contribution in [-0.4, -0.2) is 10.9 Å². The molecule has 0 aromatic heterocycles. The third kappa shape index (κ3) is 1.65. The van der Waals surface area contributed by atoms with E-state index in [9.17, 15) is 9.69 Å². The zero-order valence-electron chi connectivity index (χ0n) is 5.79. The first-order valence-electron chi connectivity index (χ1n) is 3.63. The summed E-state index contributed by atoms with van der Waals surface area (Å²) in [4.78, 5) is 0.194. The minimum Gasteiger partial charge on any atom is -0.598 e. The number of hydroxylamine groups is 1. The lowest BCUT2D eigenvalue weighted by molar-refractivity contribution is -0.587. The smallest absolute Gasteiger partial charge is 0.192 e. The first kappa shape index (κ1) is 7.44. The molecule has 0 atom stereocenters. The fourth-order valence-electron chi connectivity index (χ4n) is 1.36. The number of hydrogen-bond donors (Lipinski definition) is 0. The molecular weight excluding hydrogens is 135 g/mol. The van der Waals surface area contributed by atoms with E-state index in [1.165, 1.54) is 0 Å². The summed E-state index contributed by atoms with van der Waals surface area (Å²) in [6.07, 6.45) is 4.79. The molecule has 1 rings (SSSR count). The van der Waals surface area contributed by atoms with Crippen LogP contribution in [0.2, 0.25) is 0 Å². The van der Waals surface area contributed by atoms with Gasteiger partial charge in [0.05, 0.1) is 0 Å². The fourth-order valence-corrected chi connectivity index (χ4v) is 1.36. The predicted molar refractivity (Wildman–Crippen MR) is 34.0 cm³/mol. The largest absolute Gasteiger partial charge is 0.598 e. The van der Waals surface area contributed by atoms with Gasteiger partial charge in [-0.25, -0.2) is 0 Å². The summed E-state index contributed by atoms with van der Waals surface area (Å²) >= 11 is 0. The maximum Gasteiger partial charge on any atom is 0.192 e. The van der Waals surface area contributed by atoms with E-state index in [1.807, 2.05) is 0 Å². The quantitative estimate of drug-likeness (QED) is 0.317. The molecule has 10 heavy (non-hydrogen) atoms. The van der Waals surface area contributed by atoms with Crippen LogP contribution in [0.4, 0.5) is 4.48 Å². The lowest BCUT2D eigenvalue weighted by Gasteiger charge is -2.16. The van der Waals surface area contributed by atoms with Gasteiger partial charge >= 0.3 is 0 Å². The summed E-state index contributed by atoms with van der Waals surface area (Å²) in [5.74, 6) is 0. The monoisotopic (exact) mass is 146 g/mol. The van der Waals surface area contributed by atoms with Crippen molar-refractivity contribution in [1.29, 1.82) is 0 Å². The van der Waals surface area contributed by atoms with Crippen molar-refractivity contribution in [1.82, 2.24) is 0 Å². The van der Waals surface area contributed by atoms with Crippen LogP contribution in [0.3, 0.4) is 0 Å². The zero-order chi connectivity index (χ0) is 7.40. The summed E-state index contributed by atoms with van der Waals surface area (Å²) in [7, 11) is 0. The van der Waals surface area contributed by atoms with Gasteiger partial charge < -0.3 is 5.21 Å². The van der Waals surface area contributed by atoms with Gasteiger partial charge in [0.1, 0.15) is 0 Å². The van der Waals surface area contributed by atoms with Crippen LogP contribution in [-0.2, 0) is 0 Å². The van der Waals surface area contributed by atoms with Gasteiger partial charge in [0.25, 0.3) is 0 Å². The second-order valence-electron chi connectivity index (χ2n) is 2.67. The Kier molecular flexibility index (Phi) is 2.59. The van der Waals surface area contributed by atoms with Crippen molar-refractivity contribution in [3.8, 4) is 0 Å². The van der Waals surface area contributed by atoms with E-state index in [0.717, 1.165) is 32.1 Å². The Hall–Kier alpha value is -0.670.